The lowest BCUT2D eigenvalue weighted by molar-refractivity contribution is -0.120. The number of nitrogens with one attached hydrogen (secondary N) is 3. The van der Waals surface area contributed by atoms with E-state index in [1.165, 1.54) is 4.31 Å². The lowest BCUT2D eigenvalue weighted by Gasteiger charge is -2.34. The third kappa shape index (κ3) is 3.34. The van der Waals surface area contributed by atoms with E-state index in [4.69, 9.17) is 0 Å². The first kappa shape index (κ1) is 18.5. The number of anilines is 1. The zero-order chi connectivity index (χ0) is 19.9. The Morgan fingerprint density at radius 3 is 2.61 bits per heavy atom. The van der Waals surface area contributed by atoms with Crippen molar-refractivity contribution >= 4 is 32.7 Å². The molecule has 0 saturated carbocycles. The van der Waals surface area contributed by atoms with Gasteiger partial charge in [-0.05, 0) is 42.7 Å². The van der Waals surface area contributed by atoms with Crippen molar-refractivity contribution in [1.29, 1.82) is 0 Å². The molecular weight excluding hydrogens is 380 g/mol. The van der Waals surface area contributed by atoms with Crippen LogP contribution in [0, 0.1) is 0 Å². The van der Waals surface area contributed by atoms with Crippen molar-refractivity contribution in [1.82, 2.24) is 14.3 Å². The zero-order valence-corrected chi connectivity index (χ0v) is 16.0. The second-order valence-corrected chi connectivity index (χ2v) is 8.97. The highest BCUT2D eigenvalue weighted by Crippen LogP contribution is 2.27. The van der Waals surface area contributed by atoms with Gasteiger partial charge in [0.25, 0.3) is 0 Å². The molecule has 0 aliphatic carbocycles. The number of fused-ring (bicyclic) bond motifs is 2. The van der Waals surface area contributed by atoms with Crippen LogP contribution in [0.5, 0.6) is 0 Å². The van der Waals surface area contributed by atoms with Gasteiger partial charge in [0.2, 0.25) is 15.9 Å². The third-order valence-electron chi connectivity index (χ3n) is 5.01. The normalized spacial score (nSPS) is 17.4. The molecular formula is C19H20N4O4S. The minimum atomic E-state index is -3.56. The fourth-order valence-electron chi connectivity index (χ4n) is 3.52. The Labute approximate surface area is 161 Å². The first-order valence-electron chi connectivity index (χ1n) is 8.96. The number of imidazole rings is 1. The maximum Gasteiger partial charge on any atom is 0.323 e. The SMILES string of the molecule is CCS(=O)(=O)N1Cc2ccccc2CC1C(=O)Nc1ccc2[nH]c(=O)[nH]c2c1. The number of benzene rings is 2. The van der Waals surface area contributed by atoms with Crippen molar-refractivity contribution in [3.8, 4) is 0 Å². The number of amides is 1. The van der Waals surface area contributed by atoms with Crippen LogP contribution in [0.15, 0.2) is 47.3 Å². The molecule has 0 saturated heterocycles. The summed E-state index contributed by atoms with van der Waals surface area (Å²) in [5.74, 6) is -0.473. The summed E-state index contributed by atoms with van der Waals surface area (Å²) in [7, 11) is -3.56. The average molecular weight is 400 g/mol. The van der Waals surface area contributed by atoms with Crippen molar-refractivity contribution in [2.75, 3.05) is 11.1 Å². The summed E-state index contributed by atoms with van der Waals surface area (Å²) >= 11 is 0. The Morgan fingerprint density at radius 2 is 1.86 bits per heavy atom. The van der Waals surface area contributed by atoms with Crippen LogP contribution in [0.25, 0.3) is 11.0 Å². The summed E-state index contributed by atoms with van der Waals surface area (Å²) in [6, 6.07) is 11.7. The molecule has 1 aliphatic rings. The van der Waals surface area contributed by atoms with Gasteiger partial charge in [-0.1, -0.05) is 24.3 Å². The molecule has 0 bridgehead atoms. The molecule has 1 unspecified atom stereocenters. The number of hydrogen-bond donors (Lipinski definition) is 3. The molecule has 1 aliphatic heterocycles. The lowest BCUT2D eigenvalue weighted by atomic mass is 9.95. The summed E-state index contributed by atoms with van der Waals surface area (Å²) in [6.07, 6.45) is 0.310. The highest BCUT2D eigenvalue weighted by Gasteiger charge is 2.37. The van der Waals surface area contributed by atoms with Gasteiger partial charge >= 0.3 is 5.69 Å². The summed E-state index contributed by atoms with van der Waals surface area (Å²) < 4.78 is 26.5. The summed E-state index contributed by atoms with van der Waals surface area (Å²) in [6.45, 7) is 1.75. The lowest BCUT2D eigenvalue weighted by Crippen LogP contribution is -2.51. The van der Waals surface area contributed by atoms with Crippen LogP contribution in [-0.4, -0.2) is 40.4 Å². The van der Waals surface area contributed by atoms with Gasteiger partial charge in [0.05, 0.1) is 16.8 Å². The largest absolute Gasteiger partial charge is 0.325 e. The van der Waals surface area contributed by atoms with Gasteiger partial charge in [-0.3, -0.25) is 4.79 Å². The van der Waals surface area contributed by atoms with Crippen LogP contribution in [0.1, 0.15) is 18.1 Å². The number of aromatic nitrogens is 2. The van der Waals surface area contributed by atoms with E-state index >= 15 is 0 Å². The number of sulfonamides is 1. The molecule has 8 nitrogen and oxygen atoms in total. The number of H-pyrrole nitrogens is 2. The maximum atomic E-state index is 13.0. The van der Waals surface area contributed by atoms with E-state index in [9.17, 15) is 18.0 Å². The average Bonchev–Trinajstić information content (AvgIpc) is 3.06. The topological polar surface area (TPSA) is 115 Å². The molecule has 1 amide bonds. The predicted molar refractivity (Wildman–Crippen MR) is 106 cm³/mol. The predicted octanol–water partition coefficient (Wildman–Crippen LogP) is 1.57. The van der Waals surface area contributed by atoms with Crippen LogP contribution in [0.2, 0.25) is 0 Å². The van der Waals surface area contributed by atoms with Crippen LogP contribution < -0.4 is 11.0 Å². The van der Waals surface area contributed by atoms with E-state index in [2.05, 4.69) is 15.3 Å². The second kappa shape index (κ2) is 6.92. The molecule has 0 fully saturated rings. The molecule has 0 spiro atoms. The van der Waals surface area contributed by atoms with Crippen molar-refractivity contribution in [3.63, 3.8) is 0 Å². The minimum Gasteiger partial charge on any atom is -0.325 e. The Balaban J connectivity index is 1.65. The zero-order valence-electron chi connectivity index (χ0n) is 15.2. The van der Waals surface area contributed by atoms with Crippen LogP contribution in [0.4, 0.5) is 5.69 Å². The van der Waals surface area contributed by atoms with Gasteiger partial charge in [0.1, 0.15) is 6.04 Å². The molecule has 4 rings (SSSR count). The fraction of sp³-hybridized carbons (Fsp3) is 0.263. The second-order valence-electron chi connectivity index (χ2n) is 6.76. The molecule has 2 aromatic carbocycles. The summed E-state index contributed by atoms with van der Waals surface area (Å²) in [5.41, 5.74) is 3.23. The molecule has 9 heteroatoms. The molecule has 1 aromatic heterocycles. The quantitative estimate of drug-likeness (QED) is 0.616. The van der Waals surface area contributed by atoms with Gasteiger partial charge in [-0.15, -0.1) is 0 Å². The first-order valence-corrected chi connectivity index (χ1v) is 10.6. The van der Waals surface area contributed by atoms with E-state index in [0.717, 1.165) is 11.1 Å². The van der Waals surface area contributed by atoms with Gasteiger partial charge in [-0.2, -0.15) is 4.31 Å². The minimum absolute atomic E-state index is 0.0739. The number of rotatable bonds is 4. The number of carbonyl (C=O) groups excluding carboxylic acids is 1. The monoisotopic (exact) mass is 400 g/mol. The van der Waals surface area contributed by atoms with E-state index < -0.39 is 22.0 Å². The molecule has 146 valence electrons. The smallest absolute Gasteiger partial charge is 0.323 e. The molecule has 0 radical (unpaired) electrons. The van der Waals surface area contributed by atoms with Crippen LogP contribution in [-0.2, 0) is 27.8 Å². The van der Waals surface area contributed by atoms with Gasteiger partial charge < -0.3 is 15.3 Å². The maximum absolute atomic E-state index is 13.0. The van der Waals surface area contributed by atoms with Crippen molar-refractivity contribution in [3.05, 3.63) is 64.1 Å². The van der Waals surface area contributed by atoms with Crippen molar-refractivity contribution in [2.45, 2.75) is 25.9 Å². The molecule has 1 atom stereocenters. The molecule has 3 aromatic rings. The molecule has 28 heavy (non-hydrogen) atoms. The number of carbonyl (C=O) groups is 1. The van der Waals surface area contributed by atoms with E-state index in [1.54, 1.807) is 25.1 Å². The van der Waals surface area contributed by atoms with E-state index in [-0.39, 0.29) is 18.0 Å². The van der Waals surface area contributed by atoms with Crippen molar-refractivity contribution < 1.29 is 13.2 Å². The molecule has 2 heterocycles. The van der Waals surface area contributed by atoms with Crippen LogP contribution >= 0.6 is 0 Å². The van der Waals surface area contributed by atoms with Gasteiger partial charge in [0.15, 0.2) is 0 Å². The van der Waals surface area contributed by atoms with Crippen LogP contribution in [0.3, 0.4) is 0 Å². The van der Waals surface area contributed by atoms with Gasteiger partial charge in [0, 0.05) is 12.2 Å². The number of hydrogen-bond acceptors (Lipinski definition) is 4. The first-order chi connectivity index (χ1) is 13.4. The van der Waals surface area contributed by atoms with Crippen molar-refractivity contribution in [2.24, 2.45) is 0 Å². The Kier molecular flexibility index (Phi) is 4.56. The highest BCUT2D eigenvalue weighted by molar-refractivity contribution is 7.89. The Morgan fingerprint density at radius 1 is 1.14 bits per heavy atom. The number of aromatic amines is 2. The number of nitrogens with zero attached hydrogens (tertiary/aromatic N) is 1. The Bertz CT molecular complexity index is 1210. The van der Waals surface area contributed by atoms with Gasteiger partial charge in [-0.25, -0.2) is 13.2 Å². The summed E-state index contributed by atoms with van der Waals surface area (Å²) in [5, 5.41) is 2.79. The summed E-state index contributed by atoms with van der Waals surface area (Å²) in [4.78, 5) is 29.7. The standard InChI is InChI=1S/C19H20N4O4S/c1-2-28(26,27)23-11-13-6-4-3-5-12(13)9-17(23)18(24)20-14-7-8-15-16(10-14)22-19(25)21-15/h3-8,10,17H,2,9,11H2,1H3,(H,20,24)(H2,21,22,25). The van der Waals surface area contributed by atoms with E-state index in [1.807, 2.05) is 24.3 Å². The Hall–Kier alpha value is -2.91. The third-order valence-corrected chi connectivity index (χ3v) is 6.84. The van der Waals surface area contributed by atoms with E-state index in [0.29, 0.717) is 23.1 Å². The fourth-order valence-corrected chi connectivity index (χ4v) is 4.74. The highest BCUT2D eigenvalue weighted by atomic mass is 32.2. The molecule has 3 N–H and O–H groups in total.